The SMILES string of the molecule is Cc1cc(NC(=O)C(F)(F)c2ccccc2Cl)c[nH]c1=O. The topological polar surface area (TPSA) is 62.0 Å². The van der Waals surface area contributed by atoms with E-state index in [2.05, 4.69) is 10.3 Å². The number of hydrogen-bond acceptors (Lipinski definition) is 2. The van der Waals surface area contributed by atoms with Crippen LogP contribution in [0.15, 0.2) is 41.3 Å². The summed E-state index contributed by atoms with van der Waals surface area (Å²) in [4.78, 5) is 25.3. The number of nitrogens with one attached hydrogen (secondary N) is 2. The van der Waals surface area contributed by atoms with Gasteiger partial charge in [-0.15, -0.1) is 0 Å². The number of anilines is 1. The highest BCUT2D eigenvalue weighted by Crippen LogP contribution is 2.34. The summed E-state index contributed by atoms with van der Waals surface area (Å²) in [6.07, 6.45) is 1.15. The Morgan fingerprint density at radius 2 is 2.00 bits per heavy atom. The number of halogens is 3. The summed E-state index contributed by atoms with van der Waals surface area (Å²) in [5.74, 6) is -5.32. The van der Waals surface area contributed by atoms with Gasteiger partial charge in [0, 0.05) is 17.3 Å². The normalized spacial score (nSPS) is 11.2. The number of amides is 1. The number of benzene rings is 1. The van der Waals surface area contributed by atoms with E-state index in [1.54, 1.807) is 0 Å². The third-order valence-corrected chi connectivity index (χ3v) is 3.17. The van der Waals surface area contributed by atoms with E-state index in [9.17, 15) is 18.4 Å². The molecular formula is C14H11ClF2N2O2. The molecule has 1 amide bonds. The number of rotatable bonds is 3. The van der Waals surface area contributed by atoms with E-state index in [0.29, 0.717) is 5.56 Å². The average molecular weight is 313 g/mol. The van der Waals surface area contributed by atoms with Crippen molar-refractivity contribution in [3.8, 4) is 0 Å². The molecule has 0 fully saturated rings. The third kappa shape index (κ3) is 3.11. The van der Waals surface area contributed by atoms with Crippen molar-refractivity contribution < 1.29 is 13.6 Å². The minimum Gasteiger partial charge on any atom is -0.327 e. The molecule has 21 heavy (non-hydrogen) atoms. The van der Waals surface area contributed by atoms with Crippen LogP contribution in [0, 0.1) is 6.92 Å². The van der Waals surface area contributed by atoms with Crippen LogP contribution in [0.25, 0.3) is 0 Å². The highest BCUT2D eigenvalue weighted by atomic mass is 35.5. The minimum absolute atomic E-state index is 0.0730. The number of hydrogen-bond donors (Lipinski definition) is 2. The number of aromatic amines is 1. The lowest BCUT2D eigenvalue weighted by Gasteiger charge is -2.17. The van der Waals surface area contributed by atoms with Gasteiger partial charge in [0.15, 0.2) is 0 Å². The Labute approximate surface area is 123 Å². The Bertz CT molecular complexity index is 744. The minimum atomic E-state index is -3.79. The fourth-order valence-corrected chi connectivity index (χ4v) is 1.97. The smallest absolute Gasteiger partial charge is 0.327 e. The summed E-state index contributed by atoms with van der Waals surface area (Å²) < 4.78 is 28.2. The van der Waals surface area contributed by atoms with Gasteiger partial charge < -0.3 is 10.3 Å². The van der Waals surface area contributed by atoms with Crippen molar-refractivity contribution in [2.45, 2.75) is 12.8 Å². The molecule has 4 nitrogen and oxygen atoms in total. The maximum Gasteiger partial charge on any atom is 0.351 e. The van der Waals surface area contributed by atoms with Gasteiger partial charge in [-0.2, -0.15) is 8.78 Å². The van der Waals surface area contributed by atoms with E-state index in [1.807, 2.05) is 0 Å². The molecule has 2 rings (SSSR count). The van der Waals surface area contributed by atoms with Crippen molar-refractivity contribution in [1.29, 1.82) is 0 Å². The Balaban J connectivity index is 2.28. The van der Waals surface area contributed by atoms with Gasteiger partial charge in [0.2, 0.25) is 0 Å². The van der Waals surface area contributed by atoms with Crippen LogP contribution in [-0.4, -0.2) is 10.9 Å². The molecular weight excluding hydrogens is 302 g/mol. The van der Waals surface area contributed by atoms with Crippen LogP contribution in [0.5, 0.6) is 0 Å². The van der Waals surface area contributed by atoms with Gasteiger partial charge in [-0.3, -0.25) is 9.59 Å². The first-order chi connectivity index (χ1) is 9.82. The Hall–Kier alpha value is -2.21. The first-order valence-electron chi connectivity index (χ1n) is 5.96. The highest BCUT2D eigenvalue weighted by Gasteiger charge is 2.42. The van der Waals surface area contributed by atoms with Crippen molar-refractivity contribution in [1.82, 2.24) is 4.98 Å². The number of H-pyrrole nitrogens is 1. The quantitative estimate of drug-likeness (QED) is 0.915. The molecule has 0 spiro atoms. The molecule has 0 bridgehead atoms. The van der Waals surface area contributed by atoms with Gasteiger partial charge in [-0.25, -0.2) is 0 Å². The lowest BCUT2D eigenvalue weighted by atomic mass is 10.1. The summed E-state index contributed by atoms with van der Waals surface area (Å²) >= 11 is 5.69. The fourth-order valence-electron chi connectivity index (χ4n) is 1.72. The van der Waals surface area contributed by atoms with E-state index < -0.39 is 17.4 Å². The molecule has 110 valence electrons. The predicted molar refractivity (Wildman–Crippen MR) is 75.8 cm³/mol. The van der Waals surface area contributed by atoms with Crippen molar-refractivity contribution in [3.05, 3.63) is 63.0 Å². The average Bonchev–Trinajstić information content (AvgIpc) is 2.43. The standard InChI is InChI=1S/C14H11ClF2N2O2/c1-8-6-9(7-18-12(8)20)19-13(21)14(16,17)10-4-2-3-5-11(10)15/h2-7H,1H3,(H,18,20)(H,19,21). The molecule has 0 aliphatic carbocycles. The maximum absolute atomic E-state index is 14.1. The molecule has 0 radical (unpaired) electrons. The number of carbonyl (C=O) groups is 1. The Morgan fingerprint density at radius 1 is 1.33 bits per heavy atom. The van der Waals surface area contributed by atoms with Crippen LogP contribution in [0.4, 0.5) is 14.5 Å². The van der Waals surface area contributed by atoms with E-state index in [-0.39, 0.29) is 16.3 Å². The zero-order chi connectivity index (χ0) is 15.6. The van der Waals surface area contributed by atoms with Gasteiger partial charge >= 0.3 is 5.92 Å². The monoisotopic (exact) mass is 312 g/mol. The number of alkyl halides is 2. The van der Waals surface area contributed by atoms with E-state index in [1.165, 1.54) is 31.2 Å². The van der Waals surface area contributed by atoms with Crippen LogP contribution in [0.3, 0.4) is 0 Å². The summed E-state index contributed by atoms with van der Waals surface area (Å²) in [7, 11) is 0. The lowest BCUT2D eigenvalue weighted by Crippen LogP contribution is -2.32. The van der Waals surface area contributed by atoms with Gasteiger partial charge in [0.25, 0.3) is 11.5 Å². The lowest BCUT2D eigenvalue weighted by molar-refractivity contribution is -0.140. The largest absolute Gasteiger partial charge is 0.351 e. The number of aromatic nitrogens is 1. The van der Waals surface area contributed by atoms with Crippen LogP contribution in [0.2, 0.25) is 5.02 Å². The van der Waals surface area contributed by atoms with Crippen LogP contribution in [0.1, 0.15) is 11.1 Å². The summed E-state index contributed by atoms with van der Waals surface area (Å²) in [6, 6.07) is 6.53. The van der Waals surface area contributed by atoms with Gasteiger partial charge in [0.1, 0.15) is 0 Å². The molecule has 0 saturated heterocycles. The Morgan fingerprint density at radius 3 is 2.62 bits per heavy atom. The molecule has 7 heteroatoms. The second-order valence-electron chi connectivity index (χ2n) is 4.41. The van der Waals surface area contributed by atoms with Crippen LogP contribution >= 0.6 is 11.6 Å². The van der Waals surface area contributed by atoms with Crippen molar-refractivity contribution in [2.75, 3.05) is 5.32 Å². The molecule has 1 heterocycles. The number of pyridine rings is 1. The molecule has 1 aromatic heterocycles. The molecule has 0 unspecified atom stereocenters. The third-order valence-electron chi connectivity index (χ3n) is 2.84. The fraction of sp³-hybridized carbons (Fsp3) is 0.143. The van der Waals surface area contributed by atoms with E-state index in [4.69, 9.17) is 11.6 Å². The summed E-state index contributed by atoms with van der Waals surface area (Å²) in [5, 5.41) is 1.86. The van der Waals surface area contributed by atoms with Gasteiger partial charge in [-0.05, 0) is 19.1 Å². The zero-order valence-corrected chi connectivity index (χ0v) is 11.7. The molecule has 0 aliphatic rings. The van der Waals surface area contributed by atoms with Crippen molar-refractivity contribution in [2.24, 2.45) is 0 Å². The Kier molecular flexibility index (Phi) is 4.09. The van der Waals surface area contributed by atoms with E-state index >= 15 is 0 Å². The summed E-state index contributed by atoms with van der Waals surface area (Å²) in [5.41, 5.74) is -0.561. The molecule has 0 saturated carbocycles. The van der Waals surface area contributed by atoms with Crippen molar-refractivity contribution in [3.63, 3.8) is 0 Å². The van der Waals surface area contributed by atoms with Gasteiger partial charge in [-0.1, -0.05) is 29.8 Å². The van der Waals surface area contributed by atoms with Crippen molar-refractivity contribution >= 4 is 23.2 Å². The summed E-state index contributed by atoms with van der Waals surface area (Å²) in [6.45, 7) is 1.50. The number of aryl methyl sites for hydroxylation is 1. The van der Waals surface area contributed by atoms with Crippen LogP contribution < -0.4 is 10.9 Å². The molecule has 0 atom stereocenters. The second-order valence-corrected chi connectivity index (χ2v) is 4.82. The maximum atomic E-state index is 14.1. The number of carbonyl (C=O) groups excluding carboxylic acids is 1. The first-order valence-corrected chi connectivity index (χ1v) is 6.34. The molecule has 1 aromatic carbocycles. The molecule has 2 aromatic rings. The predicted octanol–water partition coefficient (Wildman–Crippen LogP) is 3.07. The van der Waals surface area contributed by atoms with Crippen LogP contribution in [-0.2, 0) is 10.7 Å². The molecule has 2 N–H and O–H groups in total. The molecule has 0 aliphatic heterocycles. The zero-order valence-electron chi connectivity index (χ0n) is 10.9. The first kappa shape index (κ1) is 15.2. The second kappa shape index (κ2) is 5.65. The van der Waals surface area contributed by atoms with E-state index in [0.717, 1.165) is 12.3 Å². The highest BCUT2D eigenvalue weighted by molar-refractivity contribution is 6.31. The van der Waals surface area contributed by atoms with Gasteiger partial charge in [0.05, 0.1) is 10.7 Å².